The molecule has 0 aromatic heterocycles. The van der Waals surface area contributed by atoms with Gasteiger partial charge in [0.25, 0.3) is 0 Å². The molecular weight excluding hydrogens is 228 g/mol. The van der Waals surface area contributed by atoms with Gasteiger partial charge in [0, 0.05) is 37.7 Å². The van der Waals surface area contributed by atoms with Gasteiger partial charge in [0.05, 0.1) is 19.8 Å². The summed E-state index contributed by atoms with van der Waals surface area (Å²) in [5.74, 6) is 0.879. The van der Waals surface area contributed by atoms with Crippen LogP contribution in [0.5, 0.6) is 0 Å². The van der Waals surface area contributed by atoms with Crippen LogP contribution in [0.2, 0.25) is 0 Å². The number of rotatable bonds is 7. The lowest BCUT2D eigenvalue weighted by Crippen LogP contribution is -2.50. The smallest absolute Gasteiger partial charge is 0.0624 e. The van der Waals surface area contributed by atoms with E-state index >= 15 is 0 Å². The molecule has 1 aliphatic heterocycles. The number of nitrogens with two attached hydrogens (primary N) is 1. The Morgan fingerprint density at radius 2 is 2.22 bits per heavy atom. The zero-order chi connectivity index (χ0) is 13.2. The molecule has 2 fully saturated rings. The summed E-state index contributed by atoms with van der Waals surface area (Å²) in [6.45, 7) is 8.90. The van der Waals surface area contributed by atoms with Crippen LogP contribution in [0.1, 0.15) is 26.7 Å². The lowest BCUT2D eigenvalue weighted by Gasteiger charge is -2.37. The van der Waals surface area contributed by atoms with Crippen LogP contribution in [0.4, 0.5) is 0 Å². The predicted molar refractivity (Wildman–Crippen MR) is 72.5 cm³/mol. The first kappa shape index (κ1) is 14.3. The van der Waals surface area contributed by atoms with Crippen molar-refractivity contribution in [3.63, 3.8) is 0 Å². The first-order chi connectivity index (χ1) is 8.57. The highest BCUT2D eigenvalue weighted by Crippen LogP contribution is 2.37. The quantitative estimate of drug-likeness (QED) is 0.741. The molecule has 0 bridgehead atoms. The molecule has 2 aliphatic rings. The maximum absolute atomic E-state index is 6.20. The summed E-state index contributed by atoms with van der Waals surface area (Å²) in [7, 11) is 1.77. The normalized spacial score (nSPS) is 34.2. The molecular formula is C14H28N2O2. The second-order valence-electron chi connectivity index (χ2n) is 6.32. The first-order valence-corrected chi connectivity index (χ1v) is 7.13. The van der Waals surface area contributed by atoms with Gasteiger partial charge in [0.1, 0.15) is 0 Å². The Balaban J connectivity index is 1.94. The number of ether oxygens (including phenoxy) is 2. The summed E-state index contributed by atoms with van der Waals surface area (Å²) in [6.07, 6.45) is 2.76. The van der Waals surface area contributed by atoms with Crippen molar-refractivity contribution in [2.24, 2.45) is 17.1 Å². The summed E-state index contributed by atoms with van der Waals surface area (Å²) < 4.78 is 10.8. The van der Waals surface area contributed by atoms with Gasteiger partial charge < -0.3 is 15.2 Å². The molecule has 2 rings (SSSR count). The van der Waals surface area contributed by atoms with E-state index in [0.29, 0.717) is 12.6 Å². The van der Waals surface area contributed by atoms with Gasteiger partial charge in [-0.25, -0.2) is 0 Å². The average molecular weight is 256 g/mol. The summed E-state index contributed by atoms with van der Waals surface area (Å²) in [5.41, 5.74) is 6.29. The molecule has 4 nitrogen and oxygen atoms in total. The fourth-order valence-electron chi connectivity index (χ4n) is 2.87. The van der Waals surface area contributed by atoms with Crippen LogP contribution in [0.3, 0.4) is 0 Å². The van der Waals surface area contributed by atoms with E-state index in [-0.39, 0.29) is 11.5 Å². The Hall–Kier alpha value is -0.160. The zero-order valence-electron chi connectivity index (χ0n) is 12.0. The van der Waals surface area contributed by atoms with Crippen LogP contribution in [-0.4, -0.2) is 57.0 Å². The van der Waals surface area contributed by atoms with Gasteiger partial charge >= 0.3 is 0 Å². The minimum Gasteiger partial charge on any atom is -0.383 e. The topological polar surface area (TPSA) is 47.7 Å². The van der Waals surface area contributed by atoms with Gasteiger partial charge in [-0.2, -0.15) is 0 Å². The SMILES string of the molecule is COCCN(CC1(C)COCC1N)C(C)C1CC1. The van der Waals surface area contributed by atoms with E-state index in [9.17, 15) is 0 Å². The van der Waals surface area contributed by atoms with E-state index < -0.39 is 0 Å². The standard InChI is InChI=1S/C14H28N2O2/c1-11(12-4-5-12)16(6-7-17-3)9-14(2)10-18-8-13(14)15/h11-13H,4-10,15H2,1-3H3. The summed E-state index contributed by atoms with van der Waals surface area (Å²) in [5, 5.41) is 0. The molecule has 106 valence electrons. The number of methoxy groups -OCH3 is 1. The van der Waals surface area contributed by atoms with Crippen molar-refractivity contribution in [2.45, 2.75) is 38.8 Å². The summed E-state index contributed by atoms with van der Waals surface area (Å²) >= 11 is 0. The molecule has 1 saturated heterocycles. The highest BCUT2D eigenvalue weighted by Gasteiger charge is 2.41. The van der Waals surface area contributed by atoms with Gasteiger partial charge in [-0.3, -0.25) is 4.90 Å². The largest absolute Gasteiger partial charge is 0.383 e. The van der Waals surface area contributed by atoms with E-state index in [1.54, 1.807) is 7.11 Å². The Morgan fingerprint density at radius 1 is 1.50 bits per heavy atom. The van der Waals surface area contributed by atoms with Gasteiger partial charge in [-0.15, -0.1) is 0 Å². The molecule has 0 spiro atoms. The van der Waals surface area contributed by atoms with Crippen LogP contribution < -0.4 is 5.73 Å². The molecule has 4 heteroatoms. The zero-order valence-corrected chi connectivity index (χ0v) is 12.0. The monoisotopic (exact) mass is 256 g/mol. The van der Waals surface area contributed by atoms with Crippen molar-refractivity contribution in [3.8, 4) is 0 Å². The first-order valence-electron chi connectivity index (χ1n) is 7.13. The summed E-state index contributed by atoms with van der Waals surface area (Å²) in [4.78, 5) is 2.55. The maximum Gasteiger partial charge on any atom is 0.0624 e. The van der Waals surface area contributed by atoms with Crippen LogP contribution in [-0.2, 0) is 9.47 Å². The Kier molecular flexibility index (Phi) is 4.64. The lowest BCUT2D eigenvalue weighted by molar-refractivity contribution is 0.0657. The van der Waals surface area contributed by atoms with E-state index in [1.165, 1.54) is 12.8 Å². The van der Waals surface area contributed by atoms with Gasteiger partial charge in [0.2, 0.25) is 0 Å². The van der Waals surface area contributed by atoms with Gasteiger partial charge in [0.15, 0.2) is 0 Å². The molecule has 3 atom stereocenters. The lowest BCUT2D eigenvalue weighted by atomic mass is 9.84. The second-order valence-corrected chi connectivity index (χ2v) is 6.32. The Bertz CT molecular complexity index is 271. The molecule has 0 amide bonds. The van der Waals surface area contributed by atoms with E-state index in [0.717, 1.165) is 32.2 Å². The van der Waals surface area contributed by atoms with E-state index in [4.69, 9.17) is 15.2 Å². The van der Waals surface area contributed by atoms with Crippen LogP contribution >= 0.6 is 0 Å². The Labute approximate surface area is 111 Å². The summed E-state index contributed by atoms with van der Waals surface area (Å²) in [6, 6.07) is 0.804. The third kappa shape index (κ3) is 3.23. The Morgan fingerprint density at radius 3 is 2.72 bits per heavy atom. The van der Waals surface area contributed by atoms with Crippen LogP contribution in [0, 0.1) is 11.3 Å². The molecule has 1 saturated carbocycles. The van der Waals surface area contributed by atoms with Crippen molar-refractivity contribution in [1.82, 2.24) is 4.90 Å². The number of hydrogen-bond acceptors (Lipinski definition) is 4. The highest BCUT2D eigenvalue weighted by molar-refractivity contribution is 4.95. The average Bonchev–Trinajstić information content (AvgIpc) is 3.13. The van der Waals surface area contributed by atoms with Crippen molar-refractivity contribution in [3.05, 3.63) is 0 Å². The molecule has 1 heterocycles. The third-order valence-electron chi connectivity index (χ3n) is 4.65. The van der Waals surface area contributed by atoms with Crippen molar-refractivity contribution < 1.29 is 9.47 Å². The minimum atomic E-state index is 0.0941. The predicted octanol–water partition coefficient (Wildman–Crippen LogP) is 1.10. The molecule has 1 aliphatic carbocycles. The molecule has 0 aromatic rings. The van der Waals surface area contributed by atoms with E-state index in [1.807, 2.05) is 0 Å². The van der Waals surface area contributed by atoms with Crippen molar-refractivity contribution >= 4 is 0 Å². The molecule has 3 unspecified atom stereocenters. The van der Waals surface area contributed by atoms with Gasteiger partial charge in [-0.05, 0) is 25.7 Å². The van der Waals surface area contributed by atoms with Crippen LogP contribution in [0.25, 0.3) is 0 Å². The van der Waals surface area contributed by atoms with E-state index in [2.05, 4.69) is 18.7 Å². The van der Waals surface area contributed by atoms with Crippen molar-refractivity contribution in [2.75, 3.05) is 40.0 Å². The highest BCUT2D eigenvalue weighted by atomic mass is 16.5. The van der Waals surface area contributed by atoms with Gasteiger partial charge in [-0.1, -0.05) is 6.92 Å². The number of hydrogen-bond donors (Lipinski definition) is 1. The van der Waals surface area contributed by atoms with Crippen molar-refractivity contribution in [1.29, 1.82) is 0 Å². The molecule has 2 N–H and O–H groups in total. The fraction of sp³-hybridized carbons (Fsp3) is 1.00. The minimum absolute atomic E-state index is 0.0941. The molecule has 0 aromatic carbocycles. The third-order valence-corrected chi connectivity index (χ3v) is 4.65. The molecule has 0 radical (unpaired) electrons. The fourth-order valence-corrected chi connectivity index (χ4v) is 2.87. The second kappa shape index (κ2) is 5.87. The maximum atomic E-state index is 6.20. The molecule has 18 heavy (non-hydrogen) atoms. The number of nitrogens with zero attached hydrogens (tertiary/aromatic N) is 1. The van der Waals surface area contributed by atoms with Crippen LogP contribution in [0.15, 0.2) is 0 Å².